The van der Waals surface area contributed by atoms with Crippen LogP contribution >= 0.6 is 0 Å². The molecule has 1 aliphatic rings. The molecule has 2 aromatic rings. The predicted octanol–water partition coefficient (Wildman–Crippen LogP) is 6.69. The summed E-state index contributed by atoms with van der Waals surface area (Å²) < 4.78 is 11.3. The first-order valence-corrected chi connectivity index (χ1v) is 15.2. The van der Waals surface area contributed by atoms with Gasteiger partial charge in [0.15, 0.2) is 8.32 Å². The average Bonchev–Trinajstić information content (AvgIpc) is 3.20. The van der Waals surface area contributed by atoms with Crippen molar-refractivity contribution in [3.8, 4) is 0 Å². The van der Waals surface area contributed by atoms with E-state index in [1.807, 2.05) is 6.08 Å². The molecule has 0 N–H and O–H groups in total. The number of hydrogen-bond acceptors (Lipinski definition) is 4. The third-order valence-electron chi connectivity index (χ3n) is 7.55. The van der Waals surface area contributed by atoms with E-state index < -0.39 is 8.32 Å². The number of methoxy groups -OCH3 is 1. The molecule has 1 atom stereocenters. The number of ether oxygens (including phenoxy) is 1. The van der Waals surface area contributed by atoms with Crippen molar-refractivity contribution in [2.24, 2.45) is 0 Å². The topological polar surface area (TPSA) is 38.8 Å². The van der Waals surface area contributed by atoms with Gasteiger partial charge >= 0.3 is 5.97 Å². The molecule has 184 valence electrons. The number of esters is 1. The van der Waals surface area contributed by atoms with E-state index in [4.69, 9.17) is 9.16 Å². The van der Waals surface area contributed by atoms with Crippen molar-refractivity contribution in [2.45, 2.75) is 71.3 Å². The predicted molar refractivity (Wildman–Crippen MR) is 143 cm³/mol. The maximum atomic E-state index is 11.5. The first-order valence-electron chi connectivity index (χ1n) is 12.3. The summed E-state index contributed by atoms with van der Waals surface area (Å²) in [6.45, 7) is 16.3. The Balaban J connectivity index is 1.81. The molecule has 0 fully saturated rings. The molecule has 0 bridgehead atoms. The molecule has 0 saturated carbocycles. The molecule has 4 nitrogen and oxygen atoms in total. The number of aryl methyl sites for hydroxylation is 2. The van der Waals surface area contributed by atoms with Crippen molar-refractivity contribution in [2.75, 3.05) is 20.3 Å². The molecule has 5 heteroatoms. The molecular weight excluding hydrogens is 438 g/mol. The number of carbonyl (C=O) groups is 1. The summed E-state index contributed by atoms with van der Waals surface area (Å²) >= 11 is 0. The van der Waals surface area contributed by atoms with Crippen LogP contribution in [-0.2, 0) is 26.9 Å². The Labute approximate surface area is 207 Å². The highest BCUT2D eigenvalue weighted by Gasteiger charge is 2.37. The lowest BCUT2D eigenvalue weighted by molar-refractivity contribution is -0.134. The van der Waals surface area contributed by atoms with Gasteiger partial charge in [0.25, 0.3) is 0 Å². The summed E-state index contributed by atoms with van der Waals surface area (Å²) in [4.78, 5) is 14.1. The van der Waals surface area contributed by atoms with Gasteiger partial charge in [-0.05, 0) is 71.8 Å². The minimum Gasteiger partial charge on any atom is -0.466 e. The summed E-state index contributed by atoms with van der Waals surface area (Å²) in [5.74, 6) is -0.329. The Hall–Kier alpha value is -2.21. The van der Waals surface area contributed by atoms with E-state index in [1.165, 1.54) is 35.4 Å². The lowest BCUT2D eigenvalue weighted by Gasteiger charge is -2.37. The molecule has 34 heavy (non-hydrogen) atoms. The number of hydrogen-bond donors (Lipinski definition) is 0. The summed E-state index contributed by atoms with van der Waals surface area (Å²) in [6, 6.07) is 15.6. The molecule has 1 unspecified atom stereocenters. The van der Waals surface area contributed by atoms with E-state index in [9.17, 15) is 4.79 Å². The highest BCUT2D eigenvalue weighted by molar-refractivity contribution is 6.74. The van der Waals surface area contributed by atoms with Crippen molar-refractivity contribution in [3.05, 3.63) is 76.4 Å². The van der Waals surface area contributed by atoms with Gasteiger partial charge in [0.2, 0.25) is 0 Å². The Morgan fingerprint density at radius 3 is 2.59 bits per heavy atom. The number of nitrogens with zero attached hydrogens (tertiary/aromatic N) is 1. The van der Waals surface area contributed by atoms with Gasteiger partial charge in [0.1, 0.15) is 0 Å². The van der Waals surface area contributed by atoms with E-state index in [1.54, 1.807) is 0 Å². The quantitative estimate of drug-likeness (QED) is 0.228. The van der Waals surface area contributed by atoms with Crippen LogP contribution in [0.5, 0.6) is 0 Å². The second-order valence-electron chi connectivity index (χ2n) is 10.9. The molecule has 0 aliphatic heterocycles. The fourth-order valence-corrected chi connectivity index (χ4v) is 5.35. The van der Waals surface area contributed by atoms with Crippen LogP contribution in [0.3, 0.4) is 0 Å². The fraction of sp³-hybridized carbons (Fsp3) is 0.483. The van der Waals surface area contributed by atoms with Gasteiger partial charge in [-0.15, -0.1) is 0 Å². The summed E-state index contributed by atoms with van der Waals surface area (Å²) in [7, 11) is -0.387. The van der Waals surface area contributed by atoms with Gasteiger partial charge in [-0.2, -0.15) is 0 Å². The summed E-state index contributed by atoms with van der Waals surface area (Å²) in [5.41, 5.74) is 6.52. The molecule has 3 rings (SSSR count). The highest BCUT2D eigenvalue weighted by atomic mass is 28.4. The smallest absolute Gasteiger partial charge is 0.330 e. The lowest BCUT2D eigenvalue weighted by atomic mass is 10.0. The number of carbonyl (C=O) groups excluding carboxylic acids is 1. The van der Waals surface area contributed by atoms with Gasteiger partial charge in [-0.1, -0.05) is 63.2 Å². The molecule has 0 radical (unpaired) electrons. The summed E-state index contributed by atoms with van der Waals surface area (Å²) in [6.07, 6.45) is 5.47. The fourth-order valence-electron chi connectivity index (χ4n) is 4.32. The number of benzene rings is 2. The molecule has 2 aromatic carbocycles. The molecular formula is C29H41NO3Si. The van der Waals surface area contributed by atoms with Crippen LogP contribution in [0.25, 0.3) is 6.08 Å². The summed E-state index contributed by atoms with van der Waals surface area (Å²) in [5, 5.41) is 0.210. The van der Waals surface area contributed by atoms with Crippen molar-refractivity contribution in [1.29, 1.82) is 0 Å². The van der Waals surface area contributed by atoms with Crippen LogP contribution in [0.1, 0.15) is 61.1 Å². The van der Waals surface area contributed by atoms with Gasteiger partial charge in [-0.3, -0.25) is 4.90 Å². The van der Waals surface area contributed by atoms with Gasteiger partial charge in [-0.25, -0.2) is 4.79 Å². The zero-order valence-corrected chi connectivity index (χ0v) is 23.0. The molecule has 0 aromatic heterocycles. The van der Waals surface area contributed by atoms with E-state index in [2.05, 4.69) is 88.2 Å². The number of rotatable bonds is 9. The van der Waals surface area contributed by atoms with E-state index in [0.717, 1.165) is 38.1 Å². The zero-order valence-electron chi connectivity index (χ0n) is 22.0. The van der Waals surface area contributed by atoms with Crippen LogP contribution in [-0.4, -0.2) is 39.4 Å². The monoisotopic (exact) mass is 479 g/mol. The average molecular weight is 480 g/mol. The Kier molecular flexibility index (Phi) is 8.55. The van der Waals surface area contributed by atoms with Crippen LogP contribution in [0.2, 0.25) is 18.1 Å². The molecule has 0 spiro atoms. The van der Waals surface area contributed by atoms with Crippen molar-refractivity contribution >= 4 is 20.4 Å². The third kappa shape index (κ3) is 6.47. The first kappa shape index (κ1) is 26.4. The van der Waals surface area contributed by atoms with Crippen molar-refractivity contribution < 1.29 is 14.0 Å². The van der Waals surface area contributed by atoms with E-state index >= 15 is 0 Å². The van der Waals surface area contributed by atoms with E-state index in [-0.39, 0.29) is 11.0 Å². The normalized spacial score (nSPS) is 16.3. The van der Waals surface area contributed by atoms with Crippen LogP contribution < -0.4 is 0 Å². The van der Waals surface area contributed by atoms with Crippen LogP contribution in [0, 0.1) is 6.92 Å². The Morgan fingerprint density at radius 1 is 1.18 bits per heavy atom. The van der Waals surface area contributed by atoms with Crippen molar-refractivity contribution in [3.63, 3.8) is 0 Å². The standard InChI is InChI=1S/C29H41NO3Si/c1-22-10-8-9-11-25(22)21-30(18-19-33-34(6,7)29(2,3)4)27-16-14-24-20-23(12-15-26(24)27)13-17-28(31)32-5/h8-13,15,17,20,27H,14,16,18-19,21H2,1-7H3. The minimum atomic E-state index is -1.79. The molecule has 0 heterocycles. The molecule has 0 amide bonds. The van der Waals surface area contributed by atoms with Crippen molar-refractivity contribution in [1.82, 2.24) is 4.90 Å². The second kappa shape index (κ2) is 11.0. The maximum Gasteiger partial charge on any atom is 0.330 e. The highest BCUT2D eigenvalue weighted by Crippen LogP contribution is 2.39. The molecule has 1 aliphatic carbocycles. The molecule has 0 saturated heterocycles. The van der Waals surface area contributed by atoms with Crippen LogP contribution in [0.4, 0.5) is 0 Å². The SMILES string of the molecule is COC(=O)C=Cc1ccc2c(c1)CCC2N(CCO[Si](C)(C)C(C)(C)C)Cc1ccccc1C. The van der Waals surface area contributed by atoms with E-state index in [0.29, 0.717) is 6.04 Å². The largest absolute Gasteiger partial charge is 0.466 e. The Bertz CT molecular complexity index is 1020. The van der Waals surface area contributed by atoms with Gasteiger partial charge in [0.05, 0.1) is 7.11 Å². The maximum absolute atomic E-state index is 11.5. The van der Waals surface area contributed by atoms with Gasteiger partial charge < -0.3 is 9.16 Å². The third-order valence-corrected chi connectivity index (χ3v) is 12.1. The van der Waals surface area contributed by atoms with Crippen LogP contribution in [0.15, 0.2) is 48.5 Å². The van der Waals surface area contributed by atoms with Gasteiger partial charge in [0, 0.05) is 31.8 Å². The first-order chi connectivity index (χ1) is 16.0. The zero-order chi connectivity index (χ0) is 24.9. The second-order valence-corrected chi connectivity index (χ2v) is 15.7. The number of fused-ring (bicyclic) bond motifs is 1. The Morgan fingerprint density at radius 2 is 1.91 bits per heavy atom. The minimum absolute atomic E-state index is 0.210. The lowest BCUT2D eigenvalue weighted by Crippen LogP contribution is -2.43.